The lowest BCUT2D eigenvalue weighted by molar-refractivity contribution is 0.0689. The molecule has 0 bridgehead atoms. The molecule has 0 unspecified atom stereocenters. The van der Waals surface area contributed by atoms with Crippen LogP contribution in [0.3, 0.4) is 0 Å². The Labute approximate surface area is 110 Å². The summed E-state index contributed by atoms with van der Waals surface area (Å²) in [7, 11) is 0. The zero-order chi connectivity index (χ0) is 13.7. The molecule has 19 heavy (non-hydrogen) atoms. The monoisotopic (exact) mass is 260 g/mol. The summed E-state index contributed by atoms with van der Waals surface area (Å²) in [6.07, 6.45) is 1.77. The number of carbonyl (C=O) groups is 1. The van der Waals surface area contributed by atoms with Gasteiger partial charge >= 0.3 is 5.97 Å². The number of nitrogens with two attached hydrogens (primary N) is 1. The normalized spacial score (nSPS) is 10.6. The first-order valence-electron chi connectivity index (χ1n) is 6.12. The Balaban J connectivity index is 1.98. The van der Waals surface area contributed by atoms with Gasteiger partial charge in [0.25, 0.3) is 0 Å². The molecule has 0 atom stereocenters. The van der Waals surface area contributed by atoms with Gasteiger partial charge in [0, 0.05) is 13.1 Å². The third kappa shape index (κ3) is 3.17. The minimum Gasteiger partial charge on any atom is -0.476 e. The molecule has 0 aliphatic carbocycles. The molecule has 6 nitrogen and oxygen atoms in total. The van der Waals surface area contributed by atoms with Crippen molar-refractivity contribution in [2.75, 3.05) is 0 Å². The van der Waals surface area contributed by atoms with Gasteiger partial charge < -0.3 is 10.8 Å². The van der Waals surface area contributed by atoms with E-state index in [0.717, 1.165) is 12.8 Å². The molecule has 0 saturated heterocycles. The van der Waals surface area contributed by atoms with Crippen LogP contribution in [0.2, 0.25) is 0 Å². The predicted molar refractivity (Wildman–Crippen MR) is 69.6 cm³/mol. The summed E-state index contributed by atoms with van der Waals surface area (Å²) in [4.78, 5) is 10.9. The van der Waals surface area contributed by atoms with Gasteiger partial charge in [-0.25, -0.2) is 9.48 Å². The first kappa shape index (κ1) is 13.2. The zero-order valence-corrected chi connectivity index (χ0v) is 10.5. The summed E-state index contributed by atoms with van der Waals surface area (Å²) >= 11 is 0. The van der Waals surface area contributed by atoms with Gasteiger partial charge in [-0.15, -0.1) is 5.10 Å². The predicted octanol–water partition coefficient (Wildman–Crippen LogP) is 1.07. The Kier molecular flexibility index (Phi) is 4.25. The Bertz CT molecular complexity index is 551. The summed E-state index contributed by atoms with van der Waals surface area (Å²) in [5.74, 6) is -1.09. The minimum atomic E-state index is -1.09. The second kappa shape index (κ2) is 6.10. The summed E-state index contributed by atoms with van der Waals surface area (Å²) < 4.78 is 1.58. The van der Waals surface area contributed by atoms with E-state index in [0.29, 0.717) is 12.2 Å². The Morgan fingerprint density at radius 2 is 2.05 bits per heavy atom. The number of benzene rings is 1. The molecule has 1 aromatic carbocycles. The molecule has 2 aromatic rings. The fraction of sp³-hybridized carbons (Fsp3) is 0.308. The molecule has 1 aromatic heterocycles. The highest BCUT2D eigenvalue weighted by Gasteiger charge is 2.17. The van der Waals surface area contributed by atoms with Crippen molar-refractivity contribution in [1.29, 1.82) is 0 Å². The second-order valence-electron chi connectivity index (χ2n) is 4.21. The number of carboxylic acids is 1. The highest BCUT2D eigenvalue weighted by atomic mass is 16.4. The average Bonchev–Trinajstić information content (AvgIpc) is 2.83. The molecular formula is C13H16N4O2. The van der Waals surface area contributed by atoms with Crippen LogP contribution < -0.4 is 5.73 Å². The van der Waals surface area contributed by atoms with Gasteiger partial charge in [0.2, 0.25) is 0 Å². The number of carboxylic acid groups (broad SMARTS) is 1. The Hall–Kier alpha value is -2.21. The van der Waals surface area contributed by atoms with Crippen LogP contribution in [0.5, 0.6) is 0 Å². The van der Waals surface area contributed by atoms with Gasteiger partial charge in [-0.1, -0.05) is 35.5 Å². The maximum atomic E-state index is 10.9. The molecule has 0 saturated carbocycles. The van der Waals surface area contributed by atoms with E-state index in [1.165, 1.54) is 5.56 Å². The van der Waals surface area contributed by atoms with Crippen LogP contribution in [0, 0.1) is 0 Å². The molecule has 2 rings (SSSR count). The summed E-state index contributed by atoms with van der Waals surface area (Å²) in [5.41, 5.74) is 7.22. The summed E-state index contributed by atoms with van der Waals surface area (Å²) in [6.45, 7) is 0.738. The number of rotatable bonds is 6. The SMILES string of the molecule is NCc1c(C(=O)O)nnn1CCCc1ccccc1. The van der Waals surface area contributed by atoms with Crippen molar-refractivity contribution in [3.8, 4) is 0 Å². The van der Waals surface area contributed by atoms with Crippen LogP contribution >= 0.6 is 0 Å². The quantitative estimate of drug-likeness (QED) is 0.810. The van der Waals surface area contributed by atoms with Gasteiger partial charge in [-0.2, -0.15) is 0 Å². The fourth-order valence-electron chi connectivity index (χ4n) is 1.96. The maximum Gasteiger partial charge on any atom is 0.358 e. The van der Waals surface area contributed by atoms with Crippen LogP contribution in [0.15, 0.2) is 30.3 Å². The van der Waals surface area contributed by atoms with Crippen molar-refractivity contribution >= 4 is 5.97 Å². The summed E-state index contributed by atoms with van der Waals surface area (Å²) in [5, 5.41) is 16.4. The highest BCUT2D eigenvalue weighted by Crippen LogP contribution is 2.08. The van der Waals surface area contributed by atoms with E-state index in [1.54, 1.807) is 4.68 Å². The molecule has 3 N–H and O–H groups in total. The first-order valence-corrected chi connectivity index (χ1v) is 6.12. The van der Waals surface area contributed by atoms with Crippen molar-refractivity contribution in [1.82, 2.24) is 15.0 Å². The number of aromatic nitrogens is 3. The van der Waals surface area contributed by atoms with Gasteiger partial charge in [0.15, 0.2) is 5.69 Å². The third-order valence-corrected chi connectivity index (χ3v) is 2.91. The number of hydrogen-bond donors (Lipinski definition) is 2. The van der Waals surface area contributed by atoms with Crippen molar-refractivity contribution in [3.63, 3.8) is 0 Å². The second-order valence-corrected chi connectivity index (χ2v) is 4.21. The van der Waals surface area contributed by atoms with Crippen molar-refractivity contribution in [2.45, 2.75) is 25.9 Å². The van der Waals surface area contributed by atoms with Crippen LogP contribution in [0.1, 0.15) is 28.2 Å². The maximum absolute atomic E-state index is 10.9. The zero-order valence-electron chi connectivity index (χ0n) is 10.5. The van der Waals surface area contributed by atoms with Gasteiger partial charge in [-0.3, -0.25) is 0 Å². The number of nitrogens with zero attached hydrogens (tertiary/aromatic N) is 3. The van der Waals surface area contributed by atoms with E-state index in [-0.39, 0.29) is 12.2 Å². The molecule has 0 radical (unpaired) electrons. The Morgan fingerprint density at radius 1 is 1.32 bits per heavy atom. The first-order chi connectivity index (χ1) is 9.22. The highest BCUT2D eigenvalue weighted by molar-refractivity contribution is 5.86. The standard InChI is InChI=1S/C13H16N4O2/c14-9-11-12(13(18)19)15-16-17(11)8-4-7-10-5-2-1-3-6-10/h1-3,5-6H,4,7-9,14H2,(H,18,19). The van der Waals surface area contributed by atoms with Crippen LogP contribution in [0.4, 0.5) is 0 Å². The average molecular weight is 260 g/mol. The van der Waals surface area contributed by atoms with E-state index in [2.05, 4.69) is 22.4 Å². The molecule has 0 spiro atoms. The molecular weight excluding hydrogens is 244 g/mol. The molecule has 0 aliphatic heterocycles. The van der Waals surface area contributed by atoms with E-state index in [9.17, 15) is 4.79 Å². The van der Waals surface area contributed by atoms with Crippen molar-refractivity contribution < 1.29 is 9.90 Å². The Morgan fingerprint density at radius 3 is 2.68 bits per heavy atom. The topological polar surface area (TPSA) is 94.0 Å². The molecule has 0 fully saturated rings. The fourth-order valence-corrected chi connectivity index (χ4v) is 1.96. The lowest BCUT2D eigenvalue weighted by Crippen LogP contribution is -2.13. The van der Waals surface area contributed by atoms with Crippen LogP contribution in [-0.2, 0) is 19.5 Å². The van der Waals surface area contributed by atoms with Gasteiger partial charge in [0.05, 0.1) is 5.69 Å². The smallest absolute Gasteiger partial charge is 0.358 e. The molecule has 0 aliphatic rings. The minimum absolute atomic E-state index is 0.0535. The molecule has 6 heteroatoms. The van der Waals surface area contributed by atoms with E-state index in [4.69, 9.17) is 10.8 Å². The summed E-state index contributed by atoms with van der Waals surface area (Å²) in [6, 6.07) is 10.1. The number of aryl methyl sites for hydroxylation is 2. The van der Waals surface area contributed by atoms with E-state index < -0.39 is 5.97 Å². The lowest BCUT2D eigenvalue weighted by atomic mass is 10.1. The van der Waals surface area contributed by atoms with Crippen molar-refractivity contribution in [3.05, 3.63) is 47.3 Å². The van der Waals surface area contributed by atoms with Crippen molar-refractivity contribution in [2.24, 2.45) is 5.73 Å². The molecule has 100 valence electrons. The largest absolute Gasteiger partial charge is 0.476 e. The van der Waals surface area contributed by atoms with E-state index >= 15 is 0 Å². The number of hydrogen-bond acceptors (Lipinski definition) is 4. The molecule has 0 amide bonds. The van der Waals surface area contributed by atoms with Crippen LogP contribution in [-0.4, -0.2) is 26.1 Å². The molecule has 1 heterocycles. The third-order valence-electron chi connectivity index (χ3n) is 2.91. The van der Waals surface area contributed by atoms with Crippen LogP contribution in [0.25, 0.3) is 0 Å². The number of aromatic carboxylic acids is 1. The van der Waals surface area contributed by atoms with Gasteiger partial charge in [-0.05, 0) is 18.4 Å². The van der Waals surface area contributed by atoms with Gasteiger partial charge in [0.1, 0.15) is 0 Å². The lowest BCUT2D eigenvalue weighted by Gasteiger charge is -2.05. The van der Waals surface area contributed by atoms with E-state index in [1.807, 2.05) is 18.2 Å².